The molecule has 0 spiro atoms. The minimum Gasteiger partial charge on any atom is -0.493 e. The second-order valence-electron chi connectivity index (χ2n) is 5.33. The molecule has 0 amide bonds. The summed E-state index contributed by atoms with van der Waals surface area (Å²) in [5.41, 5.74) is 0.639. The summed E-state index contributed by atoms with van der Waals surface area (Å²) in [7, 11) is 0. The Bertz CT molecular complexity index is 394. The molecule has 1 aromatic carbocycles. The topological polar surface area (TPSA) is 21.3 Å². The second kappa shape index (κ2) is 6.19. The number of rotatable bonds is 3. The largest absolute Gasteiger partial charge is 0.493 e. The van der Waals surface area contributed by atoms with Crippen LogP contribution in [0.4, 0.5) is 4.39 Å². The van der Waals surface area contributed by atoms with E-state index in [0.717, 1.165) is 12.3 Å². The predicted molar refractivity (Wildman–Crippen MR) is 71.4 cm³/mol. The van der Waals surface area contributed by atoms with Crippen LogP contribution in [-0.4, -0.2) is 19.2 Å². The highest BCUT2D eigenvalue weighted by molar-refractivity contribution is 5.28. The van der Waals surface area contributed by atoms with Gasteiger partial charge in [-0.05, 0) is 50.5 Å². The van der Waals surface area contributed by atoms with Crippen molar-refractivity contribution >= 4 is 0 Å². The van der Waals surface area contributed by atoms with E-state index in [0.29, 0.717) is 24.1 Å². The molecule has 18 heavy (non-hydrogen) atoms. The van der Waals surface area contributed by atoms with Crippen molar-refractivity contribution in [2.45, 2.75) is 39.2 Å². The van der Waals surface area contributed by atoms with Crippen molar-refractivity contribution in [3.8, 4) is 5.75 Å². The first-order valence-electron chi connectivity index (χ1n) is 6.77. The maximum Gasteiger partial charge on any atom is 0.126 e. The summed E-state index contributed by atoms with van der Waals surface area (Å²) in [6, 6.07) is 5.55. The van der Waals surface area contributed by atoms with Crippen LogP contribution in [0.1, 0.15) is 31.7 Å². The molecule has 0 bridgehead atoms. The van der Waals surface area contributed by atoms with Gasteiger partial charge in [-0.2, -0.15) is 0 Å². The van der Waals surface area contributed by atoms with Crippen LogP contribution in [0.25, 0.3) is 0 Å². The normalized spacial score (nSPS) is 24.6. The zero-order valence-electron chi connectivity index (χ0n) is 11.2. The fourth-order valence-electron chi connectivity index (χ4n) is 2.35. The van der Waals surface area contributed by atoms with Crippen LogP contribution < -0.4 is 10.1 Å². The molecule has 1 aliphatic heterocycles. The van der Waals surface area contributed by atoms with E-state index in [9.17, 15) is 4.39 Å². The molecule has 2 unspecified atom stereocenters. The fraction of sp³-hybridized carbons (Fsp3) is 0.600. The maximum absolute atomic E-state index is 13.1. The number of hydrogen-bond donors (Lipinski definition) is 1. The molecule has 1 aliphatic rings. The van der Waals surface area contributed by atoms with E-state index in [1.54, 1.807) is 19.1 Å². The summed E-state index contributed by atoms with van der Waals surface area (Å²) < 4.78 is 18.9. The lowest BCUT2D eigenvalue weighted by Gasteiger charge is -2.16. The van der Waals surface area contributed by atoms with Gasteiger partial charge in [0.1, 0.15) is 11.6 Å². The van der Waals surface area contributed by atoms with Crippen molar-refractivity contribution < 1.29 is 9.13 Å². The molecule has 1 fully saturated rings. The van der Waals surface area contributed by atoms with Crippen LogP contribution in [0.3, 0.4) is 0 Å². The third kappa shape index (κ3) is 3.70. The summed E-state index contributed by atoms with van der Waals surface area (Å²) in [6.45, 7) is 5.72. The van der Waals surface area contributed by atoms with E-state index in [1.165, 1.54) is 25.3 Å². The fourth-order valence-corrected chi connectivity index (χ4v) is 2.35. The van der Waals surface area contributed by atoms with Crippen molar-refractivity contribution in [2.75, 3.05) is 13.2 Å². The van der Waals surface area contributed by atoms with E-state index >= 15 is 0 Å². The number of ether oxygens (including phenoxy) is 1. The first kappa shape index (κ1) is 13.3. The molecule has 2 nitrogen and oxygen atoms in total. The van der Waals surface area contributed by atoms with Crippen molar-refractivity contribution in [1.29, 1.82) is 0 Å². The Morgan fingerprint density at radius 2 is 2.22 bits per heavy atom. The molecule has 100 valence electrons. The quantitative estimate of drug-likeness (QED) is 0.890. The third-order valence-electron chi connectivity index (χ3n) is 3.62. The van der Waals surface area contributed by atoms with Gasteiger partial charge >= 0.3 is 0 Å². The van der Waals surface area contributed by atoms with Crippen molar-refractivity contribution in [2.24, 2.45) is 5.92 Å². The van der Waals surface area contributed by atoms with E-state index in [4.69, 9.17) is 4.74 Å². The standard InChI is InChI=1S/C15H22FNO/c1-11-8-14(6-7-15(11)16)18-10-13-5-3-4-12(2)17-9-13/h6-8,12-13,17H,3-5,9-10H2,1-2H3. The molecule has 0 aliphatic carbocycles. The second-order valence-corrected chi connectivity index (χ2v) is 5.33. The predicted octanol–water partition coefficient (Wildman–Crippen LogP) is 3.29. The van der Waals surface area contributed by atoms with Crippen molar-refractivity contribution in [1.82, 2.24) is 5.32 Å². The molecule has 1 aromatic rings. The minimum atomic E-state index is -0.174. The smallest absolute Gasteiger partial charge is 0.126 e. The summed E-state index contributed by atoms with van der Waals surface area (Å²) in [4.78, 5) is 0. The summed E-state index contributed by atoms with van der Waals surface area (Å²) in [5.74, 6) is 1.15. The van der Waals surface area contributed by atoms with Crippen LogP contribution in [0.5, 0.6) is 5.75 Å². The van der Waals surface area contributed by atoms with Gasteiger partial charge in [0.15, 0.2) is 0 Å². The maximum atomic E-state index is 13.1. The molecular formula is C15H22FNO. The van der Waals surface area contributed by atoms with Gasteiger partial charge in [0.05, 0.1) is 6.61 Å². The average molecular weight is 251 g/mol. The van der Waals surface area contributed by atoms with Gasteiger partial charge in [0.25, 0.3) is 0 Å². The zero-order valence-corrected chi connectivity index (χ0v) is 11.2. The van der Waals surface area contributed by atoms with Crippen molar-refractivity contribution in [3.05, 3.63) is 29.6 Å². The van der Waals surface area contributed by atoms with Gasteiger partial charge in [-0.1, -0.05) is 6.42 Å². The van der Waals surface area contributed by atoms with Crippen molar-refractivity contribution in [3.63, 3.8) is 0 Å². The van der Waals surface area contributed by atoms with E-state index in [1.807, 2.05) is 0 Å². The van der Waals surface area contributed by atoms with E-state index < -0.39 is 0 Å². The van der Waals surface area contributed by atoms with E-state index in [-0.39, 0.29) is 5.82 Å². The van der Waals surface area contributed by atoms with Crippen LogP contribution in [-0.2, 0) is 0 Å². The summed E-state index contributed by atoms with van der Waals surface area (Å²) in [5, 5.41) is 3.51. The molecule has 0 radical (unpaired) electrons. The number of benzene rings is 1. The Balaban J connectivity index is 1.85. The Kier molecular flexibility index (Phi) is 4.59. The van der Waals surface area contributed by atoms with Crippen LogP contribution >= 0.6 is 0 Å². The molecular weight excluding hydrogens is 229 g/mol. The monoisotopic (exact) mass is 251 g/mol. The lowest BCUT2D eigenvalue weighted by molar-refractivity contribution is 0.240. The number of halogens is 1. The first-order chi connectivity index (χ1) is 8.65. The van der Waals surface area contributed by atoms with E-state index in [2.05, 4.69) is 12.2 Å². The highest BCUT2D eigenvalue weighted by Gasteiger charge is 2.16. The van der Waals surface area contributed by atoms with Crippen LogP contribution in [0.2, 0.25) is 0 Å². The van der Waals surface area contributed by atoms with Gasteiger partial charge in [-0.3, -0.25) is 0 Å². The molecule has 0 saturated carbocycles. The SMILES string of the molecule is Cc1cc(OCC2CCCC(C)NC2)ccc1F. The zero-order chi connectivity index (χ0) is 13.0. The Labute approximate surface area is 109 Å². The molecule has 1 saturated heterocycles. The summed E-state index contributed by atoms with van der Waals surface area (Å²) in [6.07, 6.45) is 3.70. The Morgan fingerprint density at radius 3 is 3.00 bits per heavy atom. The highest BCUT2D eigenvalue weighted by atomic mass is 19.1. The van der Waals surface area contributed by atoms with Gasteiger partial charge < -0.3 is 10.1 Å². The van der Waals surface area contributed by atoms with Crippen LogP contribution in [0.15, 0.2) is 18.2 Å². The molecule has 2 atom stereocenters. The van der Waals surface area contributed by atoms with Gasteiger partial charge in [0.2, 0.25) is 0 Å². The average Bonchev–Trinajstić information content (AvgIpc) is 2.56. The molecule has 3 heteroatoms. The molecule has 1 N–H and O–H groups in total. The number of hydrogen-bond acceptors (Lipinski definition) is 2. The minimum absolute atomic E-state index is 0.174. The number of aryl methyl sites for hydroxylation is 1. The highest BCUT2D eigenvalue weighted by Crippen LogP contribution is 2.19. The van der Waals surface area contributed by atoms with Gasteiger partial charge in [-0.15, -0.1) is 0 Å². The third-order valence-corrected chi connectivity index (χ3v) is 3.62. The molecule has 1 heterocycles. The lowest BCUT2D eigenvalue weighted by Crippen LogP contribution is -2.30. The lowest BCUT2D eigenvalue weighted by atomic mass is 10.0. The molecule has 0 aromatic heterocycles. The Morgan fingerprint density at radius 1 is 1.39 bits per heavy atom. The summed E-state index contributed by atoms with van der Waals surface area (Å²) >= 11 is 0. The number of nitrogens with one attached hydrogen (secondary N) is 1. The van der Waals surface area contributed by atoms with Gasteiger partial charge in [0, 0.05) is 18.5 Å². The van der Waals surface area contributed by atoms with Crippen LogP contribution in [0, 0.1) is 18.7 Å². The first-order valence-corrected chi connectivity index (χ1v) is 6.77. The molecule has 2 rings (SSSR count). The van der Waals surface area contributed by atoms with Gasteiger partial charge in [-0.25, -0.2) is 4.39 Å². The Hall–Kier alpha value is -1.09.